The molecule has 0 saturated carbocycles. The van der Waals surface area contributed by atoms with Gasteiger partial charge in [-0.2, -0.15) is 0 Å². The van der Waals surface area contributed by atoms with E-state index in [-0.39, 0.29) is 6.61 Å². The Labute approximate surface area is 85.0 Å². The Kier molecular flexibility index (Phi) is 8.78. The van der Waals surface area contributed by atoms with Crippen LogP contribution in [0.3, 0.4) is 0 Å². The van der Waals surface area contributed by atoms with Crippen molar-refractivity contribution in [2.45, 2.75) is 25.2 Å². The molecule has 6 N–H and O–H groups in total. The predicted octanol–water partition coefficient (Wildman–Crippen LogP) is -2.76. The van der Waals surface area contributed by atoms with E-state index in [0.29, 0.717) is 0 Å². The lowest BCUT2D eigenvalue weighted by Crippen LogP contribution is -2.39. The fraction of sp³-hybridized carbons (Fsp3) is 0.714. The first-order chi connectivity index (χ1) is 6.73. The molecule has 0 aromatic carbocycles. The molecule has 0 aliphatic carbocycles. The van der Waals surface area contributed by atoms with Crippen molar-refractivity contribution >= 4 is 11.9 Å². The van der Waals surface area contributed by atoms with Gasteiger partial charge >= 0.3 is 11.9 Å². The van der Waals surface area contributed by atoms with E-state index in [9.17, 15) is 9.59 Å². The highest BCUT2D eigenvalue weighted by molar-refractivity contribution is 5.82. The molecule has 90 valence electrons. The molecule has 0 radical (unpaired) electrons. The molecule has 0 aromatic rings. The van der Waals surface area contributed by atoms with Crippen molar-refractivity contribution in [2.75, 3.05) is 6.61 Å². The van der Waals surface area contributed by atoms with Crippen LogP contribution < -0.4 is 0 Å². The van der Waals surface area contributed by atoms with E-state index < -0.39 is 30.3 Å². The molecule has 0 rings (SSSR count). The van der Waals surface area contributed by atoms with Gasteiger partial charge in [0.05, 0.1) is 12.7 Å². The molecule has 8 heteroatoms. The maximum atomic E-state index is 9.77. The van der Waals surface area contributed by atoms with Gasteiger partial charge < -0.3 is 30.6 Å². The van der Waals surface area contributed by atoms with Gasteiger partial charge in [-0.15, -0.1) is 0 Å². The van der Waals surface area contributed by atoms with Crippen LogP contribution in [-0.2, 0) is 9.59 Å². The molecule has 3 unspecified atom stereocenters. The van der Waals surface area contributed by atoms with Gasteiger partial charge in [0.25, 0.3) is 0 Å². The lowest BCUT2D eigenvalue weighted by atomic mass is 10.2. The monoisotopic (exact) mass is 226 g/mol. The van der Waals surface area contributed by atoms with Gasteiger partial charge in [0.15, 0.2) is 12.2 Å². The fourth-order valence-electron chi connectivity index (χ4n) is 0.270. The minimum atomic E-state index is -2.27. The molecule has 8 nitrogen and oxygen atoms in total. The van der Waals surface area contributed by atoms with E-state index in [1.807, 2.05) is 0 Å². The van der Waals surface area contributed by atoms with Crippen molar-refractivity contribution < 1.29 is 40.2 Å². The van der Waals surface area contributed by atoms with E-state index in [4.69, 9.17) is 30.6 Å². The van der Waals surface area contributed by atoms with Crippen molar-refractivity contribution in [3.63, 3.8) is 0 Å². The molecule has 15 heavy (non-hydrogen) atoms. The predicted molar refractivity (Wildman–Crippen MR) is 46.1 cm³/mol. The van der Waals surface area contributed by atoms with Gasteiger partial charge in [0, 0.05) is 0 Å². The second kappa shape index (κ2) is 8.12. The first kappa shape index (κ1) is 16.2. The molecule has 3 atom stereocenters. The second-order valence-electron chi connectivity index (χ2n) is 2.60. The average molecular weight is 226 g/mol. The molecule has 0 aromatic heterocycles. The summed E-state index contributed by atoms with van der Waals surface area (Å²) in [4.78, 5) is 19.5. The molecule has 0 fully saturated rings. The number of hydrogen-bond acceptors (Lipinski definition) is 6. The summed E-state index contributed by atoms with van der Waals surface area (Å²) in [5.74, 6) is -3.54. The van der Waals surface area contributed by atoms with Gasteiger partial charge in [-0.25, -0.2) is 9.59 Å². The average Bonchev–Trinajstić information content (AvgIpc) is 2.16. The number of carboxylic acid groups (broad SMARTS) is 2. The van der Waals surface area contributed by atoms with Gasteiger partial charge in [-0.3, -0.25) is 0 Å². The zero-order valence-corrected chi connectivity index (χ0v) is 7.94. The summed E-state index contributed by atoms with van der Waals surface area (Å²) in [6, 6.07) is 0. The van der Waals surface area contributed by atoms with Crippen molar-refractivity contribution in [2.24, 2.45) is 0 Å². The Balaban J connectivity index is 0. The molecular weight excluding hydrogens is 212 g/mol. The van der Waals surface area contributed by atoms with Crippen LogP contribution in [0, 0.1) is 0 Å². The maximum Gasteiger partial charge on any atom is 0.335 e. The van der Waals surface area contributed by atoms with Crippen molar-refractivity contribution in [3.05, 3.63) is 0 Å². The standard InChI is InChI=1S/C4H6O6.C3H8O2/c5-1(3(7)8)2(6)4(9)10;1-3(5)2-4/h1-2,5-6H,(H,7,8)(H,9,10);3-5H,2H2,1H3. The Hall–Kier alpha value is -1.22. The highest BCUT2D eigenvalue weighted by Gasteiger charge is 2.29. The minimum absolute atomic E-state index is 0.139. The van der Waals surface area contributed by atoms with Crippen molar-refractivity contribution in [1.82, 2.24) is 0 Å². The largest absolute Gasteiger partial charge is 0.479 e. The summed E-state index contributed by atoms with van der Waals surface area (Å²) in [7, 11) is 0. The van der Waals surface area contributed by atoms with Crippen LogP contribution in [-0.4, -0.2) is 67.5 Å². The number of carboxylic acids is 2. The van der Waals surface area contributed by atoms with Crippen LogP contribution in [0.15, 0.2) is 0 Å². The van der Waals surface area contributed by atoms with Crippen LogP contribution >= 0.6 is 0 Å². The zero-order valence-electron chi connectivity index (χ0n) is 7.94. The number of aliphatic carboxylic acids is 2. The molecule has 0 amide bonds. The van der Waals surface area contributed by atoms with Crippen LogP contribution in [0.4, 0.5) is 0 Å². The summed E-state index contributed by atoms with van der Waals surface area (Å²) in [5.41, 5.74) is 0. The number of rotatable bonds is 4. The number of aliphatic hydroxyl groups is 4. The number of hydrogen-bond donors (Lipinski definition) is 6. The quantitative estimate of drug-likeness (QED) is 0.301. The topological polar surface area (TPSA) is 156 Å². The van der Waals surface area contributed by atoms with Crippen LogP contribution in [0.2, 0.25) is 0 Å². The third-order valence-corrected chi connectivity index (χ3v) is 1.07. The third-order valence-electron chi connectivity index (χ3n) is 1.07. The van der Waals surface area contributed by atoms with Gasteiger partial charge in [0.2, 0.25) is 0 Å². The summed E-state index contributed by atoms with van der Waals surface area (Å²) >= 11 is 0. The third kappa shape index (κ3) is 9.09. The zero-order chi connectivity index (χ0) is 12.6. The number of carbonyl (C=O) groups is 2. The Bertz CT molecular complexity index is 183. The molecule has 0 aliphatic rings. The van der Waals surface area contributed by atoms with E-state index in [2.05, 4.69) is 0 Å². The normalized spacial score (nSPS) is 15.5. The minimum Gasteiger partial charge on any atom is -0.479 e. The Morgan fingerprint density at radius 3 is 1.27 bits per heavy atom. The fourth-order valence-corrected chi connectivity index (χ4v) is 0.270. The van der Waals surface area contributed by atoms with E-state index in [1.54, 1.807) is 0 Å². The lowest BCUT2D eigenvalue weighted by molar-refractivity contribution is -0.165. The second-order valence-corrected chi connectivity index (χ2v) is 2.60. The summed E-state index contributed by atoms with van der Waals surface area (Å²) in [6.07, 6.45) is -5.09. The van der Waals surface area contributed by atoms with Gasteiger partial charge in [-0.1, -0.05) is 0 Å². The molecular formula is C7H14O8. The van der Waals surface area contributed by atoms with Crippen molar-refractivity contribution in [3.8, 4) is 0 Å². The SMILES string of the molecule is CC(O)CO.O=C(O)C(O)C(O)C(=O)O. The molecule has 0 bridgehead atoms. The van der Waals surface area contributed by atoms with E-state index >= 15 is 0 Å². The maximum absolute atomic E-state index is 9.77. The number of aliphatic hydroxyl groups excluding tert-OH is 4. The smallest absolute Gasteiger partial charge is 0.335 e. The van der Waals surface area contributed by atoms with Crippen LogP contribution in [0.5, 0.6) is 0 Å². The lowest BCUT2D eigenvalue weighted by Gasteiger charge is -2.07. The summed E-state index contributed by atoms with van der Waals surface area (Å²) in [5, 5.41) is 48.5. The molecule has 0 saturated heterocycles. The van der Waals surface area contributed by atoms with E-state index in [0.717, 1.165) is 0 Å². The molecule has 0 heterocycles. The highest BCUT2D eigenvalue weighted by Crippen LogP contribution is 1.92. The summed E-state index contributed by atoms with van der Waals surface area (Å²) < 4.78 is 0. The Morgan fingerprint density at radius 2 is 1.20 bits per heavy atom. The van der Waals surface area contributed by atoms with Gasteiger partial charge in [0.1, 0.15) is 0 Å². The van der Waals surface area contributed by atoms with Crippen LogP contribution in [0.1, 0.15) is 6.92 Å². The molecule has 0 spiro atoms. The summed E-state index contributed by atoms with van der Waals surface area (Å²) in [6.45, 7) is 1.39. The Morgan fingerprint density at radius 1 is 1.00 bits per heavy atom. The van der Waals surface area contributed by atoms with Gasteiger partial charge in [-0.05, 0) is 6.92 Å². The first-order valence-corrected chi connectivity index (χ1v) is 3.84. The van der Waals surface area contributed by atoms with Crippen LogP contribution in [0.25, 0.3) is 0 Å². The van der Waals surface area contributed by atoms with Crippen molar-refractivity contribution in [1.29, 1.82) is 0 Å². The highest BCUT2D eigenvalue weighted by atomic mass is 16.4. The molecule has 0 aliphatic heterocycles. The van der Waals surface area contributed by atoms with E-state index in [1.165, 1.54) is 6.92 Å². The first-order valence-electron chi connectivity index (χ1n) is 3.84.